The number of amides is 2. The average Bonchev–Trinajstić information content (AvgIpc) is 2.54. The molecule has 10 heteroatoms. The van der Waals surface area contributed by atoms with Gasteiger partial charge in [-0.1, -0.05) is 0 Å². The Bertz CT molecular complexity index is 474. The molecule has 0 aromatic heterocycles. The maximum absolute atomic E-state index is 11.7. The molecule has 1 saturated heterocycles. The molecule has 0 aromatic rings. The average molecular weight is 485 g/mol. The fourth-order valence-corrected chi connectivity index (χ4v) is 2.30. The highest BCUT2D eigenvalue weighted by atomic mass is 127. The number of rotatable bonds is 4. The van der Waals surface area contributed by atoms with Crippen molar-refractivity contribution in [2.45, 2.75) is 33.3 Å². The molecule has 0 aliphatic carbocycles. The topological polar surface area (TPSA) is 95.5 Å². The molecule has 0 atom stereocenters. The minimum absolute atomic E-state index is 0. The molecule has 0 radical (unpaired) electrons. The molecule has 0 aromatic carbocycles. The van der Waals surface area contributed by atoms with E-state index in [1.165, 1.54) is 0 Å². The number of hydrogen-bond donors (Lipinski definition) is 2. The van der Waals surface area contributed by atoms with Crippen LogP contribution in [0.1, 0.15) is 27.7 Å². The highest BCUT2D eigenvalue weighted by molar-refractivity contribution is 14.0. The van der Waals surface area contributed by atoms with Gasteiger partial charge in [0.25, 0.3) is 0 Å². The molecule has 1 aliphatic heterocycles. The number of guanidine groups is 1. The van der Waals surface area contributed by atoms with Crippen molar-refractivity contribution in [2.24, 2.45) is 4.99 Å². The first kappa shape index (κ1) is 24.5. The monoisotopic (exact) mass is 485 g/mol. The van der Waals surface area contributed by atoms with E-state index < -0.39 is 11.7 Å². The zero-order chi connectivity index (χ0) is 18.9. The van der Waals surface area contributed by atoms with Gasteiger partial charge in [0.2, 0.25) is 0 Å². The van der Waals surface area contributed by atoms with Crippen LogP contribution in [0.4, 0.5) is 9.59 Å². The quantitative estimate of drug-likeness (QED) is 0.271. The van der Waals surface area contributed by atoms with Crippen LogP contribution in [0.5, 0.6) is 0 Å². The number of ether oxygens (including phenoxy) is 2. The van der Waals surface area contributed by atoms with Crippen molar-refractivity contribution in [1.82, 2.24) is 20.4 Å². The standard InChI is InChI=1S/C16H31N5O4.HI/c1-6-24-15(23)21-11-9-20(10-12-21)13(17-5)18-7-8-19-14(22)25-16(2,3)4;/h6-12H2,1-5H3,(H,17,18)(H,19,22);1H. The van der Waals surface area contributed by atoms with Crippen molar-refractivity contribution < 1.29 is 19.1 Å². The van der Waals surface area contributed by atoms with E-state index in [-0.39, 0.29) is 30.1 Å². The summed E-state index contributed by atoms with van der Waals surface area (Å²) in [5.74, 6) is 0.745. The molecule has 0 spiro atoms. The van der Waals surface area contributed by atoms with E-state index in [1.54, 1.807) is 18.9 Å². The van der Waals surface area contributed by atoms with E-state index in [4.69, 9.17) is 9.47 Å². The fourth-order valence-electron chi connectivity index (χ4n) is 2.30. The fraction of sp³-hybridized carbons (Fsp3) is 0.812. The molecular weight excluding hydrogens is 453 g/mol. The van der Waals surface area contributed by atoms with Crippen LogP contribution in [0.15, 0.2) is 4.99 Å². The van der Waals surface area contributed by atoms with Crippen LogP contribution in [0.3, 0.4) is 0 Å². The normalized spacial score (nSPS) is 15.0. The first-order chi connectivity index (χ1) is 11.8. The molecule has 26 heavy (non-hydrogen) atoms. The summed E-state index contributed by atoms with van der Waals surface area (Å²) in [7, 11) is 1.71. The predicted octanol–water partition coefficient (Wildman–Crippen LogP) is 1.48. The van der Waals surface area contributed by atoms with Gasteiger partial charge < -0.3 is 29.9 Å². The van der Waals surface area contributed by atoms with Gasteiger partial charge in [0.05, 0.1) is 6.61 Å². The summed E-state index contributed by atoms with van der Waals surface area (Å²) in [4.78, 5) is 31.3. The molecule has 2 N–H and O–H groups in total. The van der Waals surface area contributed by atoms with Crippen LogP contribution in [0.25, 0.3) is 0 Å². The second-order valence-corrected chi connectivity index (χ2v) is 6.58. The van der Waals surface area contributed by atoms with Crippen LogP contribution >= 0.6 is 24.0 Å². The highest BCUT2D eigenvalue weighted by Gasteiger charge is 2.23. The summed E-state index contributed by atoms with van der Waals surface area (Å²) in [6, 6.07) is 0. The van der Waals surface area contributed by atoms with Crippen molar-refractivity contribution in [3.63, 3.8) is 0 Å². The summed E-state index contributed by atoms with van der Waals surface area (Å²) >= 11 is 0. The Balaban J connectivity index is 0.00000625. The SMILES string of the molecule is CCOC(=O)N1CCN(C(=NC)NCCNC(=O)OC(C)(C)C)CC1.I. The van der Waals surface area contributed by atoms with Crippen LogP contribution in [-0.4, -0.2) is 86.5 Å². The van der Waals surface area contributed by atoms with Gasteiger partial charge in [0.15, 0.2) is 5.96 Å². The zero-order valence-corrected chi connectivity index (χ0v) is 18.7. The van der Waals surface area contributed by atoms with Crippen LogP contribution in [0.2, 0.25) is 0 Å². The first-order valence-electron chi connectivity index (χ1n) is 8.61. The van der Waals surface area contributed by atoms with E-state index in [2.05, 4.69) is 20.5 Å². The lowest BCUT2D eigenvalue weighted by Gasteiger charge is -2.35. The lowest BCUT2D eigenvalue weighted by atomic mass is 10.2. The molecular formula is C16H32IN5O4. The number of carbonyl (C=O) groups excluding carboxylic acids is 2. The van der Waals surface area contributed by atoms with Crippen LogP contribution in [0, 0.1) is 0 Å². The highest BCUT2D eigenvalue weighted by Crippen LogP contribution is 2.06. The summed E-state index contributed by atoms with van der Waals surface area (Å²) in [5.41, 5.74) is -0.508. The van der Waals surface area contributed by atoms with Gasteiger partial charge in [-0.3, -0.25) is 4.99 Å². The van der Waals surface area contributed by atoms with E-state index in [0.717, 1.165) is 5.96 Å². The lowest BCUT2D eigenvalue weighted by molar-refractivity contribution is 0.0528. The summed E-state index contributed by atoms with van der Waals surface area (Å²) < 4.78 is 10.2. The van der Waals surface area contributed by atoms with Gasteiger partial charge in [-0.05, 0) is 27.7 Å². The van der Waals surface area contributed by atoms with Gasteiger partial charge in [0.1, 0.15) is 5.60 Å². The second-order valence-electron chi connectivity index (χ2n) is 6.58. The van der Waals surface area contributed by atoms with Gasteiger partial charge in [-0.15, -0.1) is 24.0 Å². The molecule has 9 nitrogen and oxygen atoms in total. The third kappa shape index (κ3) is 9.30. The Morgan fingerprint density at radius 2 is 1.58 bits per heavy atom. The van der Waals surface area contributed by atoms with Crippen molar-refractivity contribution in [1.29, 1.82) is 0 Å². The third-order valence-electron chi connectivity index (χ3n) is 3.39. The Labute approximate surface area is 172 Å². The van der Waals surface area contributed by atoms with Crippen LogP contribution < -0.4 is 10.6 Å². The first-order valence-corrected chi connectivity index (χ1v) is 8.61. The second kappa shape index (κ2) is 12.0. The third-order valence-corrected chi connectivity index (χ3v) is 3.39. The predicted molar refractivity (Wildman–Crippen MR) is 111 cm³/mol. The van der Waals surface area contributed by atoms with Crippen molar-refractivity contribution >= 4 is 42.1 Å². The summed E-state index contributed by atoms with van der Waals surface area (Å²) in [6.07, 6.45) is -0.709. The van der Waals surface area contributed by atoms with Gasteiger partial charge in [-0.2, -0.15) is 0 Å². The van der Waals surface area contributed by atoms with Crippen LogP contribution in [-0.2, 0) is 9.47 Å². The molecule has 2 amide bonds. The summed E-state index contributed by atoms with van der Waals surface area (Å²) in [5, 5.41) is 5.89. The maximum atomic E-state index is 11.7. The van der Waals surface area contributed by atoms with Gasteiger partial charge >= 0.3 is 12.2 Å². The Morgan fingerprint density at radius 1 is 1.04 bits per heavy atom. The molecule has 0 unspecified atom stereocenters. The van der Waals surface area contributed by atoms with Gasteiger partial charge in [-0.25, -0.2) is 9.59 Å². The molecule has 1 rings (SSSR count). The maximum Gasteiger partial charge on any atom is 0.409 e. The lowest BCUT2D eigenvalue weighted by Crippen LogP contribution is -2.54. The minimum Gasteiger partial charge on any atom is -0.450 e. The molecule has 1 fully saturated rings. The Morgan fingerprint density at radius 3 is 2.08 bits per heavy atom. The van der Waals surface area contributed by atoms with E-state index in [9.17, 15) is 9.59 Å². The van der Waals surface area contributed by atoms with Crippen molar-refractivity contribution in [2.75, 3.05) is 52.9 Å². The number of hydrogen-bond acceptors (Lipinski definition) is 5. The van der Waals surface area contributed by atoms with E-state index >= 15 is 0 Å². The zero-order valence-electron chi connectivity index (χ0n) is 16.3. The molecule has 0 bridgehead atoms. The molecule has 0 saturated carbocycles. The molecule has 152 valence electrons. The number of nitrogens with zero attached hydrogens (tertiary/aromatic N) is 3. The minimum atomic E-state index is -0.508. The number of aliphatic imine (C=N–C) groups is 1. The number of piperazine rings is 1. The van der Waals surface area contributed by atoms with Crippen molar-refractivity contribution in [3.8, 4) is 0 Å². The number of alkyl carbamates (subject to hydrolysis) is 1. The Kier molecular flexibility index (Phi) is 11.3. The smallest absolute Gasteiger partial charge is 0.409 e. The number of carbonyl (C=O) groups is 2. The van der Waals surface area contributed by atoms with E-state index in [0.29, 0.717) is 45.9 Å². The molecule has 1 heterocycles. The largest absolute Gasteiger partial charge is 0.450 e. The summed E-state index contributed by atoms with van der Waals surface area (Å²) in [6.45, 7) is 11.1. The Hall–Kier alpha value is -1.46. The number of halogens is 1. The van der Waals surface area contributed by atoms with Gasteiger partial charge in [0, 0.05) is 46.3 Å². The number of nitrogens with one attached hydrogen (secondary N) is 2. The van der Waals surface area contributed by atoms with Crippen molar-refractivity contribution in [3.05, 3.63) is 0 Å². The molecule has 1 aliphatic rings. The van der Waals surface area contributed by atoms with E-state index in [1.807, 2.05) is 20.8 Å².